The Morgan fingerprint density at radius 3 is 2.90 bits per heavy atom. The number of aliphatic imine (C=N–C) groups is 1. The molecule has 1 saturated heterocycles. The van der Waals surface area contributed by atoms with Gasteiger partial charge < -0.3 is 10.6 Å². The van der Waals surface area contributed by atoms with Gasteiger partial charge >= 0.3 is 0 Å². The Bertz CT molecular complexity index is 433. The number of halogens is 1. The van der Waals surface area contributed by atoms with Crippen molar-refractivity contribution in [3.8, 4) is 0 Å². The largest absolute Gasteiger partial charge is 0.357 e. The Kier molecular flexibility index (Phi) is 8.39. The first-order valence-electron chi connectivity index (χ1n) is 7.28. The fourth-order valence-electron chi connectivity index (χ4n) is 2.24. The van der Waals surface area contributed by atoms with Gasteiger partial charge in [-0.3, -0.25) is 4.98 Å². The van der Waals surface area contributed by atoms with E-state index in [0.717, 1.165) is 24.7 Å². The third-order valence-corrected chi connectivity index (χ3v) is 4.94. The molecule has 2 heterocycles. The zero-order valence-corrected chi connectivity index (χ0v) is 15.9. The quantitative estimate of drug-likeness (QED) is 0.437. The molecule has 0 aromatic carbocycles. The second kappa shape index (κ2) is 9.50. The molecule has 1 aromatic heterocycles. The van der Waals surface area contributed by atoms with Crippen LogP contribution in [0.25, 0.3) is 0 Å². The van der Waals surface area contributed by atoms with Crippen molar-refractivity contribution in [1.82, 2.24) is 15.6 Å². The highest BCUT2D eigenvalue weighted by Gasteiger charge is 2.29. The smallest absolute Gasteiger partial charge is 0.191 e. The number of hydrogen-bond acceptors (Lipinski definition) is 3. The van der Waals surface area contributed by atoms with Crippen LogP contribution < -0.4 is 10.6 Å². The number of nitrogens with one attached hydrogen (secondary N) is 2. The van der Waals surface area contributed by atoms with Crippen LogP contribution in [0.3, 0.4) is 0 Å². The van der Waals surface area contributed by atoms with Crippen LogP contribution in [0.5, 0.6) is 0 Å². The van der Waals surface area contributed by atoms with E-state index in [1.165, 1.54) is 18.6 Å². The number of rotatable bonds is 5. The first kappa shape index (κ1) is 18.5. The Hall–Kier alpha value is -0.500. The fraction of sp³-hybridized carbons (Fsp3) is 0.600. The highest BCUT2D eigenvalue weighted by molar-refractivity contribution is 14.0. The first-order valence-corrected chi connectivity index (χ1v) is 8.26. The molecular formula is C15H25IN4S. The Balaban J connectivity index is 0.00000220. The van der Waals surface area contributed by atoms with Crippen LogP contribution in [0.2, 0.25) is 0 Å². The summed E-state index contributed by atoms with van der Waals surface area (Å²) >= 11 is 2.06. The number of nitrogens with zero attached hydrogens (tertiary/aromatic N) is 2. The zero-order valence-electron chi connectivity index (χ0n) is 12.8. The number of pyridine rings is 1. The van der Waals surface area contributed by atoms with Gasteiger partial charge in [-0.05, 0) is 44.6 Å². The van der Waals surface area contributed by atoms with Crippen molar-refractivity contribution in [2.75, 3.05) is 18.8 Å². The second-order valence-corrected chi connectivity index (χ2v) is 6.95. The van der Waals surface area contributed by atoms with Gasteiger partial charge in [0.05, 0.1) is 12.2 Å². The lowest BCUT2D eigenvalue weighted by atomic mass is 10.1. The summed E-state index contributed by atoms with van der Waals surface area (Å²) in [6.45, 7) is 6.87. The topological polar surface area (TPSA) is 49.3 Å². The molecule has 1 unspecified atom stereocenters. The van der Waals surface area contributed by atoms with E-state index in [9.17, 15) is 0 Å². The van der Waals surface area contributed by atoms with E-state index in [1.54, 1.807) is 6.20 Å². The van der Waals surface area contributed by atoms with Crippen LogP contribution >= 0.6 is 35.7 Å². The van der Waals surface area contributed by atoms with Crippen molar-refractivity contribution < 1.29 is 0 Å². The van der Waals surface area contributed by atoms with Gasteiger partial charge in [0.25, 0.3) is 0 Å². The molecule has 0 radical (unpaired) electrons. The monoisotopic (exact) mass is 420 g/mol. The van der Waals surface area contributed by atoms with Crippen LogP contribution in [0, 0.1) is 0 Å². The number of guanidine groups is 1. The van der Waals surface area contributed by atoms with Gasteiger partial charge in [-0.2, -0.15) is 11.8 Å². The Morgan fingerprint density at radius 1 is 1.43 bits per heavy atom. The van der Waals surface area contributed by atoms with E-state index in [2.05, 4.69) is 46.2 Å². The molecule has 4 nitrogen and oxygen atoms in total. The van der Waals surface area contributed by atoms with E-state index < -0.39 is 0 Å². The van der Waals surface area contributed by atoms with Crippen molar-refractivity contribution in [3.05, 3.63) is 30.1 Å². The van der Waals surface area contributed by atoms with E-state index >= 15 is 0 Å². The highest BCUT2D eigenvalue weighted by Crippen LogP contribution is 2.36. The van der Waals surface area contributed by atoms with Gasteiger partial charge in [-0.25, -0.2) is 4.99 Å². The molecule has 1 aromatic rings. The van der Waals surface area contributed by atoms with E-state index in [4.69, 9.17) is 0 Å². The van der Waals surface area contributed by atoms with E-state index in [0.29, 0.717) is 11.3 Å². The Labute approximate surface area is 149 Å². The molecule has 21 heavy (non-hydrogen) atoms. The van der Waals surface area contributed by atoms with Crippen LogP contribution in [-0.4, -0.2) is 34.5 Å². The minimum atomic E-state index is 0. The average molecular weight is 420 g/mol. The number of hydrogen-bond donors (Lipinski definition) is 2. The molecule has 0 aliphatic carbocycles. The lowest BCUT2D eigenvalue weighted by Crippen LogP contribution is -2.43. The summed E-state index contributed by atoms with van der Waals surface area (Å²) in [5, 5.41) is 6.76. The molecular weight excluding hydrogens is 395 g/mol. The SMILES string of the molecule is CCNC(=NCc1ccccn1)NCC1(C)CCCS1.I. The second-order valence-electron chi connectivity index (χ2n) is 5.27. The van der Waals surface area contributed by atoms with Gasteiger partial charge in [-0.1, -0.05) is 6.07 Å². The minimum Gasteiger partial charge on any atom is -0.357 e. The molecule has 118 valence electrons. The van der Waals surface area contributed by atoms with Gasteiger partial charge in [0.1, 0.15) is 0 Å². The standard InChI is InChI=1S/C15H24N4S.HI/c1-3-16-14(18-11-13-7-4-5-9-17-13)19-12-15(2)8-6-10-20-15;/h4-5,7,9H,3,6,8,10-12H2,1-2H3,(H2,16,18,19);1H. The zero-order chi connectivity index (χ0) is 14.3. The maximum atomic E-state index is 4.60. The molecule has 6 heteroatoms. The lowest BCUT2D eigenvalue weighted by molar-refractivity contribution is 0.584. The summed E-state index contributed by atoms with van der Waals surface area (Å²) in [5.41, 5.74) is 0.992. The molecule has 1 atom stereocenters. The molecule has 0 spiro atoms. The summed E-state index contributed by atoms with van der Waals surface area (Å²) in [4.78, 5) is 8.89. The third kappa shape index (κ3) is 6.42. The predicted molar refractivity (Wildman–Crippen MR) is 103 cm³/mol. The van der Waals surface area contributed by atoms with Crippen LogP contribution in [0.4, 0.5) is 0 Å². The Morgan fingerprint density at radius 2 is 2.29 bits per heavy atom. The van der Waals surface area contributed by atoms with Gasteiger partial charge in [0.15, 0.2) is 5.96 Å². The summed E-state index contributed by atoms with van der Waals surface area (Å²) in [5.74, 6) is 2.16. The molecule has 2 N–H and O–H groups in total. The first-order chi connectivity index (χ1) is 9.72. The normalized spacial score (nSPS) is 21.7. The molecule has 1 aliphatic rings. The van der Waals surface area contributed by atoms with E-state index in [1.807, 2.05) is 18.2 Å². The molecule has 1 aliphatic heterocycles. The van der Waals surface area contributed by atoms with Gasteiger partial charge in [0.2, 0.25) is 0 Å². The summed E-state index contributed by atoms with van der Waals surface area (Å²) in [7, 11) is 0. The molecule has 0 amide bonds. The highest BCUT2D eigenvalue weighted by atomic mass is 127. The number of thioether (sulfide) groups is 1. The van der Waals surface area contributed by atoms with Gasteiger partial charge in [-0.15, -0.1) is 24.0 Å². The van der Waals surface area contributed by atoms with E-state index in [-0.39, 0.29) is 24.0 Å². The summed E-state index contributed by atoms with van der Waals surface area (Å²) in [6.07, 6.45) is 4.41. The molecule has 0 bridgehead atoms. The van der Waals surface area contributed by atoms with Crippen LogP contribution in [-0.2, 0) is 6.54 Å². The minimum absolute atomic E-state index is 0. The fourth-order valence-corrected chi connectivity index (χ4v) is 3.48. The van der Waals surface area contributed by atoms with Crippen LogP contribution in [0.15, 0.2) is 29.4 Å². The van der Waals surface area contributed by atoms with Crippen molar-refractivity contribution in [2.24, 2.45) is 4.99 Å². The predicted octanol–water partition coefficient (Wildman–Crippen LogP) is 3.04. The molecule has 2 rings (SSSR count). The lowest BCUT2D eigenvalue weighted by Gasteiger charge is -2.24. The van der Waals surface area contributed by atoms with Crippen molar-refractivity contribution in [2.45, 2.75) is 38.0 Å². The molecule has 0 saturated carbocycles. The maximum absolute atomic E-state index is 4.60. The maximum Gasteiger partial charge on any atom is 0.191 e. The van der Waals surface area contributed by atoms with Crippen molar-refractivity contribution in [3.63, 3.8) is 0 Å². The van der Waals surface area contributed by atoms with Crippen molar-refractivity contribution >= 4 is 41.7 Å². The number of aromatic nitrogens is 1. The summed E-state index contributed by atoms with van der Waals surface area (Å²) < 4.78 is 0.348. The molecule has 1 fully saturated rings. The van der Waals surface area contributed by atoms with Crippen LogP contribution in [0.1, 0.15) is 32.4 Å². The van der Waals surface area contributed by atoms with Gasteiger partial charge in [0, 0.05) is 24.0 Å². The average Bonchev–Trinajstić information content (AvgIpc) is 2.90. The van der Waals surface area contributed by atoms with Crippen molar-refractivity contribution in [1.29, 1.82) is 0 Å². The third-order valence-electron chi connectivity index (χ3n) is 3.40. The summed E-state index contributed by atoms with van der Waals surface area (Å²) in [6, 6.07) is 5.92.